The first kappa shape index (κ1) is 12.7. The highest BCUT2D eigenvalue weighted by Crippen LogP contribution is 2.04. The maximum Gasteiger partial charge on any atom is 0.248 e. The van der Waals surface area contributed by atoms with Crippen molar-refractivity contribution >= 4 is 5.91 Å². The minimum Gasteiger partial charge on any atom is -0.372 e. The number of nitrogens with zero attached hydrogens (tertiary/aromatic N) is 1. The van der Waals surface area contributed by atoms with Gasteiger partial charge in [0.05, 0.1) is 0 Å². The first-order valence-electron chi connectivity index (χ1n) is 5.46. The molecule has 87 valence electrons. The summed E-state index contributed by atoms with van der Waals surface area (Å²) in [7, 11) is 0. The Labute approximate surface area is 97.0 Å². The Morgan fingerprint density at radius 2 is 2.06 bits per heavy atom. The first-order chi connectivity index (χ1) is 7.77. The van der Waals surface area contributed by atoms with Crippen molar-refractivity contribution in [2.45, 2.75) is 13.5 Å². The third-order valence-corrected chi connectivity index (χ3v) is 2.32. The topological polar surface area (TPSA) is 29.5 Å². The molecule has 1 amide bonds. The lowest BCUT2D eigenvalue weighted by atomic mass is 10.2. The van der Waals surface area contributed by atoms with Gasteiger partial charge < -0.3 is 9.64 Å². The van der Waals surface area contributed by atoms with Gasteiger partial charge in [0.1, 0.15) is 6.61 Å². The Balaban J connectivity index is 2.52. The molecule has 0 aromatic heterocycles. The third-order valence-electron chi connectivity index (χ3n) is 2.32. The third kappa shape index (κ3) is 4.03. The van der Waals surface area contributed by atoms with Gasteiger partial charge in [0.15, 0.2) is 0 Å². The molecule has 0 bridgehead atoms. The van der Waals surface area contributed by atoms with E-state index in [2.05, 4.69) is 6.92 Å². The van der Waals surface area contributed by atoms with E-state index >= 15 is 0 Å². The summed E-state index contributed by atoms with van der Waals surface area (Å²) in [6.45, 7) is 7.26. The van der Waals surface area contributed by atoms with E-state index in [1.807, 2.05) is 37.3 Å². The predicted octanol–water partition coefficient (Wildman–Crippen LogP) is 1.89. The molecule has 0 saturated carbocycles. The Kier molecular flexibility index (Phi) is 5.57. The van der Waals surface area contributed by atoms with Gasteiger partial charge in [0, 0.05) is 19.7 Å². The van der Waals surface area contributed by atoms with Crippen molar-refractivity contribution in [2.75, 3.05) is 19.8 Å². The summed E-state index contributed by atoms with van der Waals surface area (Å²) >= 11 is 0. The van der Waals surface area contributed by atoms with Crippen molar-refractivity contribution in [1.29, 1.82) is 0 Å². The summed E-state index contributed by atoms with van der Waals surface area (Å²) in [5, 5.41) is 0. The van der Waals surface area contributed by atoms with Crippen LogP contribution in [0.15, 0.2) is 30.3 Å². The molecule has 1 aromatic carbocycles. The zero-order valence-corrected chi connectivity index (χ0v) is 9.69. The highest BCUT2D eigenvalue weighted by atomic mass is 16.5. The number of likely N-dealkylation sites (N-methyl/N-ethyl adjacent to an activating group) is 1. The van der Waals surface area contributed by atoms with Crippen LogP contribution in [0.3, 0.4) is 0 Å². The molecule has 16 heavy (non-hydrogen) atoms. The van der Waals surface area contributed by atoms with Gasteiger partial charge in [-0.1, -0.05) is 30.3 Å². The van der Waals surface area contributed by atoms with E-state index in [9.17, 15) is 4.79 Å². The Morgan fingerprint density at radius 1 is 1.38 bits per heavy atom. The number of rotatable bonds is 6. The van der Waals surface area contributed by atoms with Gasteiger partial charge in [-0.05, 0) is 19.4 Å². The SMILES string of the molecule is [CH2]COCC(=O)N(CC)Cc1ccccc1. The summed E-state index contributed by atoms with van der Waals surface area (Å²) in [5.41, 5.74) is 1.13. The van der Waals surface area contributed by atoms with Crippen LogP contribution in [0.25, 0.3) is 0 Å². The van der Waals surface area contributed by atoms with Gasteiger partial charge in [0.2, 0.25) is 5.91 Å². The first-order valence-corrected chi connectivity index (χ1v) is 5.46. The molecule has 1 radical (unpaired) electrons. The molecular formula is C13H18NO2. The van der Waals surface area contributed by atoms with Crippen LogP contribution in [-0.4, -0.2) is 30.6 Å². The standard InChI is InChI=1S/C13H18NO2/c1-3-14(13(15)11-16-4-2)10-12-8-6-5-7-9-12/h5-9H,2-4,10-11H2,1H3. The van der Waals surface area contributed by atoms with Gasteiger partial charge >= 0.3 is 0 Å². The maximum absolute atomic E-state index is 11.7. The van der Waals surface area contributed by atoms with Crippen molar-refractivity contribution in [1.82, 2.24) is 4.90 Å². The molecule has 3 nitrogen and oxygen atoms in total. The number of benzene rings is 1. The molecule has 3 heteroatoms. The van der Waals surface area contributed by atoms with E-state index in [1.54, 1.807) is 4.90 Å². The Hall–Kier alpha value is -1.35. The van der Waals surface area contributed by atoms with Crippen LogP contribution in [0.4, 0.5) is 0 Å². The molecular weight excluding hydrogens is 202 g/mol. The van der Waals surface area contributed by atoms with Crippen molar-refractivity contribution in [3.63, 3.8) is 0 Å². The molecule has 0 saturated heterocycles. The van der Waals surface area contributed by atoms with E-state index in [1.165, 1.54) is 0 Å². The zero-order chi connectivity index (χ0) is 11.8. The monoisotopic (exact) mass is 220 g/mol. The second-order valence-corrected chi connectivity index (χ2v) is 3.45. The van der Waals surface area contributed by atoms with Gasteiger partial charge in [-0.15, -0.1) is 0 Å². The maximum atomic E-state index is 11.7. The Morgan fingerprint density at radius 3 is 2.62 bits per heavy atom. The van der Waals surface area contributed by atoms with E-state index < -0.39 is 0 Å². The summed E-state index contributed by atoms with van der Waals surface area (Å²) in [5.74, 6) is 0.00926. The summed E-state index contributed by atoms with van der Waals surface area (Å²) in [4.78, 5) is 13.5. The molecule has 0 aliphatic carbocycles. The summed E-state index contributed by atoms with van der Waals surface area (Å²) in [6, 6.07) is 9.93. The molecule has 1 rings (SSSR count). The van der Waals surface area contributed by atoms with Crippen molar-refractivity contribution < 1.29 is 9.53 Å². The van der Waals surface area contributed by atoms with Crippen LogP contribution >= 0.6 is 0 Å². The molecule has 0 atom stereocenters. The van der Waals surface area contributed by atoms with Crippen LogP contribution < -0.4 is 0 Å². The van der Waals surface area contributed by atoms with Gasteiger partial charge in [-0.25, -0.2) is 0 Å². The fourth-order valence-electron chi connectivity index (χ4n) is 1.43. The number of amides is 1. The van der Waals surface area contributed by atoms with Crippen LogP contribution in [0.1, 0.15) is 12.5 Å². The van der Waals surface area contributed by atoms with Crippen LogP contribution in [-0.2, 0) is 16.1 Å². The molecule has 0 aliphatic heterocycles. The van der Waals surface area contributed by atoms with Gasteiger partial charge in [-0.2, -0.15) is 0 Å². The predicted molar refractivity (Wildman–Crippen MR) is 63.7 cm³/mol. The quantitative estimate of drug-likeness (QED) is 0.732. The zero-order valence-electron chi connectivity index (χ0n) is 9.69. The Bertz CT molecular complexity index is 311. The summed E-state index contributed by atoms with van der Waals surface area (Å²) in [6.07, 6.45) is 0. The molecule has 0 spiro atoms. The number of hydrogen-bond acceptors (Lipinski definition) is 2. The average molecular weight is 220 g/mol. The molecule has 0 N–H and O–H groups in total. The molecule has 0 fully saturated rings. The lowest BCUT2D eigenvalue weighted by molar-refractivity contribution is -0.136. The molecule has 0 aliphatic rings. The number of carbonyl (C=O) groups is 1. The lowest BCUT2D eigenvalue weighted by Gasteiger charge is -2.20. The molecule has 1 aromatic rings. The van der Waals surface area contributed by atoms with Gasteiger partial charge in [-0.3, -0.25) is 4.79 Å². The van der Waals surface area contributed by atoms with Crippen LogP contribution in [0, 0.1) is 6.92 Å². The number of ether oxygens (including phenoxy) is 1. The fourth-order valence-corrected chi connectivity index (χ4v) is 1.43. The minimum atomic E-state index is 0.00926. The van der Waals surface area contributed by atoms with Crippen molar-refractivity contribution in [2.24, 2.45) is 0 Å². The largest absolute Gasteiger partial charge is 0.372 e. The van der Waals surface area contributed by atoms with E-state index in [4.69, 9.17) is 4.74 Å². The lowest BCUT2D eigenvalue weighted by Crippen LogP contribution is -2.33. The van der Waals surface area contributed by atoms with Crippen molar-refractivity contribution in [3.05, 3.63) is 42.8 Å². The second kappa shape index (κ2) is 7.01. The average Bonchev–Trinajstić information content (AvgIpc) is 2.34. The summed E-state index contributed by atoms with van der Waals surface area (Å²) < 4.78 is 5.01. The van der Waals surface area contributed by atoms with E-state index in [0.717, 1.165) is 5.56 Å². The number of carbonyl (C=O) groups excluding carboxylic acids is 1. The highest BCUT2D eigenvalue weighted by molar-refractivity contribution is 5.77. The van der Waals surface area contributed by atoms with E-state index in [-0.39, 0.29) is 12.5 Å². The van der Waals surface area contributed by atoms with E-state index in [0.29, 0.717) is 19.7 Å². The minimum absolute atomic E-state index is 0.00926. The molecule has 0 heterocycles. The molecule has 0 unspecified atom stereocenters. The van der Waals surface area contributed by atoms with Gasteiger partial charge in [0.25, 0.3) is 0 Å². The normalized spacial score (nSPS) is 10.1. The smallest absolute Gasteiger partial charge is 0.248 e. The van der Waals surface area contributed by atoms with Crippen LogP contribution in [0.5, 0.6) is 0 Å². The highest BCUT2D eigenvalue weighted by Gasteiger charge is 2.11. The number of hydrogen-bond donors (Lipinski definition) is 0. The second-order valence-electron chi connectivity index (χ2n) is 3.45. The fraction of sp³-hybridized carbons (Fsp3) is 0.385. The van der Waals surface area contributed by atoms with Crippen LogP contribution in [0.2, 0.25) is 0 Å². The van der Waals surface area contributed by atoms with Crippen molar-refractivity contribution in [3.8, 4) is 0 Å².